The number of rotatable bonds is 18. The van der Waals surface area contributed by atoms with E-state index in [4.69, 9.17) is 4.74 Å². The molecule has 1 aromatic rings. The standard InChI is InChI=1S/C69H115N11O13/c1-24-26-31-45(13)59(82)58-63(86)72-50(25-2)65(88)74(17)39-54(81)78(21)57(48(16)93-35-30-34-49-32-28-27-29-33-49)62(85)73-55(43(9)10)68(91)75(18)51(36-40(3)4)61(84)70-46(14)60(83)71-47(15)64(87)76(19)52(37-41(5)6)66(89)77(20)53(38-42(7)8)67(90)79(22)56(44(11)12)69(92)80(58)23/h24,26-30,32-34,40-48,50-53,55-59,82H,25,31,35-39H2,1-23H3,(H,70,84)(H,71,83)(H,72,86)(H,73,85)/b26-24+,34-30+/t45-,46+,47+,48-,50+,51-,52+,53-,55+,56+,57+,58+,59-/m1/s1. The predicted octanol–water partition coefficient (Wildman–Crippen LogP) is 4.34. The molecule has 0 saturated carbocycles. The fraction of sp³-hybridized carbons (Fsp3) is 0.696. The summed E-state index contributed by atoms with van der Waals surface area (Å²) >= 11 is 0. The number of benzene rings is 1. The van der Waals surface area contributed by atoms with Crippen LogP contribution in [0.5, 0.6) is 0 Å². The average Bonchev–Trinajstić information content (AvgIpc) is 0.818. The first-order valence-corrected chi connectivity index (χ1v) is 33.0. The molecule has 11 amide bonds. The maximum Gasteiger partial charge on any atom is 0.246 e. The molecule has 0 aromatic heterocycles. The van der Waals surface area contributed by atoms with Crippen LogP contribution in [0.1, 0.15) is 148 Å². The SMILES string of the molecule is C/C=C/C[C@@H](C)[C@@H](O)[C@H]1C(=O)N[C@@H](CC)C(=O)N(C)CC(=O)N(C)[C@@H]([C@@H](C)OC/C=C/c2ccccc2)C(=O)N[C@@H](C(C)C)C(=O)N(C)[C@H](CC(C)C)C(=O)N[C@@H](C)C(=O)N[C@@H](C)C(=O)N(C)[C@@H](CC(C)C)C(=O)N(C)[C@H](CC(C)C)C(=O)N(C)[C@@H](C(C)C)C(=O)N1C. The third kappa shape index (κ3) is 23.3. The number of ether oxygens (including phenoxy) is 1. The molecule has 0 spiro atoms. The highest BCUT2D eigenvalue weighted by Crippen LogP contribution is 2.26. The van der Waals surface area contributed by atoms with Gasteiger partial charge in [-0.15, -0.1) is 0 Å². The molecule has 5 N–H and O–H groups in total. The van der Waals surface area contributed by atoms with Gasteiger partial charge in [-0.25, -0.2) is 0 Å². The van der Waals surface area contributed by atoms with E-state index in [1.165, 1.54) is 82.8 Å². The van der Waals surface area contributed by atoms with E-state index in [0.29, 0.717) is 6.42 Å². The van der Waals surface area contributed by atoms with Gasteiger partial charge in [0.05, 0.1) is 25.4 Å². The van der Waals surface area contributed by atoms with Crippen molar-refractivity contribution in [1.29, 1.82) is 0 Å². The average molecular weight is 1310 g/mol. The monoisotopic (exact) mass is 1310 g/mol. The van der Waals surface area contributed by atoms with E-state index in [0.717, 1.165) is 20.3 Å². The lowest BCUT2D eigenvalue weighted by molar-refractivity contribution is -0.157. The number of nitrogens with zero attached hydrogens (tertiary/aromatic N) is 7. The van der Waals surface area contributed by atoms with E-state index in [1.54, 1.807) is 73.6 Å². The van der Waals surface area contributed by atoms with Gasteiger partial charge in [-0.3, -0.25) is 52.7 Å². The van der Waals surface area contributed by atoms with Crippen molar-refractivity contribution in [2.24, 2.45) is 35.5 Å². The number of hydrogen-bond acceptors (Lipinski definition) is 13. The molecule has 2 rings (SSSR count). The van der Waals surface area contributed by atoms with E-state index in [1.807, 2.05) is 78.0 Å². The van der Waals surface area contributed by atoms with Gasteiger partial charge in [0.2, 0.25) is 65.0 Å². The van der Waals surface area contributed by atoms with Crippen LogP contribution >= 0.6 is 0 Å². The third-order valence-corrected chi connectivity index (χ3v) is 17.3. The molecule has 1 saturated heterocycles. The van der Waals surface area contributed by atoms with Crippen molar-refractivity contribution in [3.05, 3.63) is 54.1 Å². The van der Waals surface area contributed by atoms with Gasteiger partial charge in [-0.05, 0) is 101 Å². The van der Waals surface area contributed by atoms with Crippen molar-refractivity contribution >= 4 is 71.1 Å². The molecule has 0 unspecified atom stereocenters. The van der Waals surface area contributed by atoms with Crippen LogP contribution in [0, 0.1) is 35.5 Å². The largest absolute Gasteiger partial charge is 0.390 e. The zero-order valence-corrected chi connectivity index (χ0v) is 60.0. The lowest BCUT2D eigenvalue weighted by Crippen LogP contribution is -2.63. The number of carbonyl (C=O) groups is 11. The van der Waals surface area contributed by atoms with E-state index >= 15 is 14.4 Å². The Hall–Kier alpha value is -7.21. The summed E-state index contributed by atoms with van der Waals surface area (Å²) in [6, 6.07) is -3.53. The molecule has 0 bridgehead atoms. The summed E-state index contributed by atoms with van der Waals surface area (Å²) in [7, 11) is 9.80. The first kappa shape index (κ1) is 81.9. The molecule has 24 nitrogen and oxygen atoms in total. The number of likely N-dealkylation sites (N-methyl/N-ethyl adjacent to an activating group) is 7. The molecule has 1 aromatic carbocycles. The second kappa shape index (κ2) is 38.2. The summed E-state index contributed by atoms with van der Waals surface area (Å²) in [6.07, 6.45) is 5.27. The number of hydrogen-bond donors (Lipinski definition) is 5. The molecule has 1 aliphatic heterocycles. The highest BCUT2D eigenvalue weighted by molar-refractivity contribution is 5.99. The maximum atomic E-state index is 15.2. The second-order valence-corrected chi connectivity index (χ2v) is 27.2. The Morgan fingerprint density at radius 3 is 1.51 bits per heavy atom. The van der Waals surface area contributed by atoms with Gasteiger partial charge in [0.1, 0.15) is 60.4 Å². The number of nitrogens with one attached hydrogen (secondary N) is 4. The van der Waals surface area contributed by atoms with Crippen LogP contribution in [0.25, 0.3) is 6.08 Å². The molecule has 93 heavy (non-hydrogen) atoms. The Morgan fingerprint density at radius 2 is 1.00 bits per heavy atom. The molecule has 0 aliphatic carbocycles. The van der Waals surface area contributed by atoms with Crippen molar-refractivity contribution in [3.8, 4) is 0 Å². The van der Waals surface area contributed by atoms with Crippen LogP contribution in [0.15, 0.2) is 48.6 Å². The molecule has 1 heterocycles. The molecule has 1 aliphatic rings. The normalized spacial score (nSPS) is 25.9. The minimum atomic E-state index is -1.64. The highest BCUT2D eigenvalue weighted by atomic mass is 16.5. The molecule has 0 radical (unpaired) electrons. The van der Waals surface area contributed by atoms with Crippen LogP contribution in [-0.4, -0.2) is 239 Å². The Kier molecular flexibility index (Phi) is 33.7. The smallest absolute Gasteiger partial charge is 0.246 e. The topological polar surface area (TPSA) is 288 Å². The van der Waals surface area contributed by atoms with Gasteiger partial charge >= 0.3 is 0 Å². The molecule has 524 valence electrons. The first-order chi connectivity index (χ1) is 43.3. The number of aliphatic hydroxyl groups is 1. The summed E-state index contributed by atoms with van der Waals surface area (Å²) in [5.41, 5.74) is 0.884. The molecular formula is C69H115N11O13. The Labute approximate surface area is 554 Å². The summed E-state index contributed by atoms with van der Waals surface area (Å²) in [6.45, 7) is 27.0. The summed E-state index contributed by atoms with van der Waals surface area (Å²) < 4.78 is 6.21. The lowest BCUT2D eigenvalue weighted by atomic mass is 9.91. The van der Waals surface area contributed by atoms with Crippen molar-refractivity contribution < 1.29 is 62.6 Å². The van der Waals surface area contributed by atoms with Crippen LogP contribution in [0.4, 0.5) is 0 Å². The van der Waals surface area contributed by atoms with Crippen molar-refractivity contribution in [1.82, 2.24) is 55.6 Å². The third-order valence-electron chi connectivity index (χ3n) is 17.3. The van der Waals surface area contributed by atoms with Crippen molar-refractivity contribution in [2.75, 3.05) is 62.5 Å². The summed E-state index contributed by atoms with van der Waals surface area (Å²) in [5, 5.41) is 23.2. The summed E-state index contributed by atoms with van der Waals surface area (Å²) in [5.74, 6) is -10.2. The Balaban J connectivity index is 3.01. The minimum Gasteiger partial charge on any atom is -0.390 e. The van der Waals surface area contributed by atoms with E-state index in [9.17, 15) is 43.5 Å². The number of allylic oxidation sites excluding steroid dienone is 2. The van der Waals surface area contributed by atoms with Crippen LogP contribution < -0.4 is 21.3 Å². The number of carbonyl (C=O) groups excluding carboxylic acids is 11. The zero-order chi connectivity index (χ0) is 71.2. The van der Waals surface area contributed by atoms with E-state index < -0.39 is 162 Å². The van der Waals surface area contributed by atoms with Crippen molar-refractivity contribution in [2.45, 2.75) is 216 Å². The second-order valence-electron chi connectivity index (χ2n) is 27.2. The Bertz CT molecular complexity index is 2740. The van der Waals surface area contributed by atoms with Gasteiger partial charge in [0.15, 0.2) is 0 Å². The molecule has 1 fully saturated rings. The van der Waals surface area contributed by atoms with Gasteiger partial charge in [0.25, 0.3) is 0 Å². The quantitative estimate of drug-likeness (QED) is 0.128. The van der Waals surface area contributed by atoms with Crippen LogP contribution in [0.3, 0.4) is 0 Å². The van der Waals surface area contributed by atoms with Crippen LogP contribution in [-0.2, 0) is 57.5 Å². The predicted molar refractivity (Wildman–Crippen MR) is 360 cm³/mol. The summed E-state index contributed by atoms with van der Waals surface area (Å²) in [4.78, 5) is 170. The van der Waals surface area contributed by atoms with E-state index in [-0.39, 0.29) is 50.0 Å². The zero-order valence-electron chi connectivity index (χ0n) is 60.0. The minimum absolute atomic E-state index is 0.00420. The molecular weight excluding hydrogens is 1190 g/mol. The van der Waals surface area contributed by atoms with Crippen LogP contribution in [0.2, 0.25) is 0 Å². The fourth-order valence-electron chi connectivity index (χ4n) is 11.5. The van der Waals surface area contributed by atoms with Crippen molar-refractivity contribution in [3.63, 3.8) is 0 Å². The maximum absolute atomic E-state index is 15.2. The van der Waals surface area contributed by atoms with E-state index in [2.05, 4.69) is 21.3 Å². The molecule has 24 heteroatoms. The van der Waals surface area contributed by atoms with Gasteiger partial charge in [-0.1, -0.05) is 138 Å². The number of aliphatic hydroxyl groups excluding tert-OH is 1. The highest BCUT2D eigenvalue weighted by Gasteiger charge is 2.46. The first-order valence-electron chi connectivity index (χ1n) is 33.0. The van der Waals surface area contributed by atoms with Gasteiger partial charge in [-0.2, -0.15) is 0 Å². The lowest BCUT2D eigenvalue weighted by Gasteiger charge is -2.41. The number of amides is 11. The van der Waals surface area contributed by atoms with Gasteiger partial charge < -0.3 is 65.4 Å². The fourth-order valence-corrected chi connectivity index (χ4v) is 11.5. The Morgan fingerprint density at radius 1 is 0.516 bits per heavy atom. The molecule has 13 atom stereocenters. The van der Waals surface area contributed by atoms with Gasteiger partial charge in [0, 0.05) is 49.3 Å².